The Bertz CT molecular complexity index is 562. The first kappa shape index (κ1) is 17.2. The summed E-state index contributed by atoms with van der Waals surface area (Å²) >= 11 is 0. The molecule has 0 saturated carbocycles. The molecule has 0 fully saturated rings. The van der Waals surface area contributed by atoms with Crippen molar-refractivity contribution in [1.29, 1.82) is 0 Å². The summed E-state index contributed by atoms with van der Waals surface area (Å²) in [6, 6.07) is 5.37. The van der Waals surface area contributed by atoms with Crippen LogP contribution in [0.5, 0.6) is 0 Å². The number of carbonyl (C=O) groups is 1. The van der Waals surface area contributed by atoms with Crippen LogP contribution in [0.3, 0.4) is 0 Å². The van der Waals surface area contributed by atoms with E-state index in [1.54, 1.807) is 33.0 Å². The maximum Gasteiger partial charge on any atom is 0.253 e. The van der Waals surface area contributed by atoms with E-state index in [0.29, 0.717) is 12.0 Å². The Morgan fingerprint density at radius 2 is 2.05 bits per heavy atom. The van der Waals surface area contributed by atoms with Gasteiger partial charge in [0.15, 0.2) is 0 Å². The van der Waals surface area contributed by atoms with Crippen LogP contribution in [0, 0.1) is 18.8 Å². The fourth-order valence-corrected chi connectivity index (χ4v) is 1.98. The molecule has 0 aliphatic carbocycles. The summed E-state index contributed by atoms with van der Waals surface area (Å²) in [4.78, 5) is 13.8. The fraction of sp³-hybridized carbons (Fsp3) is 0.471. The molecule has 0 radical (unpaired) electrons. The van der Waals surface area contributed by atoms with Crippen LogP contribution in [0.4, 0.5) is 0 Å². The van der Waals surface area contributed by atoms with Gasteiger partial charge in [0.1, 0.15) is 0 Å². The van der Waals surface area contributed by atoms with Crippen molar-refractivity contribution in [2.75, 3.05) is 20.2 Å². The average molecular weight is 289 g/mol. The lowest BCUT2D eigenvalue weighted by molar-refractivity contribution is 0.0368. The van der Waals surface area contributed by atoms with Gasteiger partial charge in [-0.2, -0.15) is 0 Å². The van der Waals surface area contributed by atoms with E-state index in [9.17, 15) is 9.90 Å². The van der Waals surface area contributed by atoms with Crippen LogP contribution in [-0.4, -0.2) is 46.8 Å². The number of carbonyl (C=O) groups excluding carboxylic acids is 1. The maximum atomic E-state index is 12.3. The SMILES string of the molecule is Cc1ccc(C(=O)N(C)CC(C)(C)O)cc1C#CCCO. The van der Waals surface area contributed by atoms with Gasteiger partial charge >= 0.3 is 0 Å². The molecule has 2 N–H and O–H groups in total. The van der Waals surface area contributed by atoms with Crippen molar-refractivity contribution in [2.45, 2.75) is 32.8 Å². The lowest BCUT2D eigenvalue weighted by Gasteiger charge is -2.25. The van der Waals surface area contributed by atoms with E-state index in [0.717, 1.165) is 11.1 Å². The van der Waals surface area contributed by atoms with E-state index >= 15 is 0 Å². The summed E-state index contributed by atoms with van der Waals surface area (Å²) < 4.78 is 0. The Hall–Kier alpha value is -1.83. The predicted octanol–water partition coefficient (Wildman–Crippen LogP) is 1.57. The summed E-state index contributed by atoms with van der Waals surface area (Å²) in [5.74, 6) is 5.68. The molecule has 0 heterocycles. The number of hydrogen-bond donors (Lipinski definition) is 2. The quantitative estimate of drug-likeness (QED) is 0.827. The Labute approximate surface area is 126 Å². The number of amides is 1. The zero-order valence-electron chi connectivity index (χ0n) is 13.1. The molecule has 0 aliphatic heterocycles. The molecular formula is C17H23NO3. The van der Waals surface area contributed by atoms with Crippen LogP contribution >= 0.6 is 0 Å². The minimum atomic E-state index is -0.932. The Balaban J connectivity index is 2.96. The second-order valence-electron chi connectivity index (χ2n) is 5.78. The first-order valence-electron chi connectivity index (χ1n) is 6.93. The minimum Gasteiger partial charge on any atom is -0.395 e. The van der Waals surface area contributed by atoms with Crippen LogP contribution in [0.15, 0.2) is 18.2 Å². The van der Waals surface area contributed by atoms with Gasteiger partial charge in [-0.3, -0.25) is 4.79 Å². The number of hydrogen-bond acceptors (Lipinski definition) is 3. The van der Waals surface area contributed by atoms with Crippen LogP contribution in [0.1, 0.15) is 41.8 Å². The van der Waals surface area contributed by atoms with Gasteiger partial charge in [0.2, 0.25) is 0 Å². The molecule has 0 aliphatic rings. The van der Waals surface area contributed by atoms with Crippen molar-refractivity contribution in [3.05, 3.63) is 34.9 Å². The smallest absolute Gasteiger partial charge is 0.253 e. The van der Waals surface area contributed by atoms with Gasteiger partial charge in [-0.05, 0) is 38.5 Å². The van der Waals surface area contributed by atoms with Gasteiger partial charge in [0.25, 0.3) is 5.91 Å². The number of likely N-dealkylation sites (N-methyl/N-ethyl adjacent to an activating group) is 1. The molecule has 0 unspecified atom stereocenters. The molecule has 4 nitrogen and oxygen atoms in total. The van der Waals surface area contributed by atoms with Crippen LogP contribution < -0.4 is 0 Å². The highest BCUT2D eigenvalue weighted by atomic mass is 16.3. The third-order valence-corrected chi connectivity index (χ3v) is 2.92. The number of aryl methyl sites for hydroxylation is 1. The molecule has 1 rings (SSSR count). The monoisotopic (exact) mass is 289 g/mol. The summed E-state index contributed by atoms with van der Waals surface area (Å²) in [5, 5.41) is 18.5. The van der Waals surface area contributed by atoms with Crippen LogP contribution in [0.25, 0.3) is 0 Å². The van der Waals surface area contributed by atoms with Gasteiger partial charge in [-0.25, -0.2) is 0 Å². The fourth-order valence-electron chi connectivity index (χ4n) is 1.98. The number of nitrogens with zero attached hydrogens (tertiary/aromatic N) is 1. The van der Waals surface area contributed by atoms with Crippen molar-refractivity contribution in [3.8, 4) is 11.8 Å². The Morgan fingerprint density at radius 3 is 2.62 bits per heavy atom. The second-order valence-corrected chi connectivity index (χ2v) is 5.78. The first-order valence-corrected chi connectivity index (χ1v) is 6.93. The summed E-state index contributed by atoms with van der Waals surface area (Å²) in [6.45, 7) is 5.54. The Morgan fingerprint density at radius 1 is 1.38 bits per heavy atom. The van der Waals surface area contributed by atoms with E-state index in [1.807, 2.05) is 13.0 Å². The summed E-state index contributed by atoms with van der Waals surface area (Å²) in [6.07, 6.45) is 0.413. The van der Waals surface area contributed by atoms with Crippen LogP contribution in [-0.2, 0) is 0 Å². The normalized spacial score (nSPS) is 10.8. The molecule has 21 heavy (non-hydrogen) atoms. The molecule has 0 saturated heterocycles. The van der Waals surface area contributed by atoms with Crippen molar-refractivity contribution in [3.63, 3.8) is 0 Å². The highest BCUT2D eigenvalue weighted by Gasteiger charge is 2.20. The molecule has 0 spiro atoms. The third-order valence-electron chi connectivity index (χ3n) is 2.92. The third kappa shape index (κ3) is 5.58. The zero-order valence-corrected chi connectivity index (χ0v) is 13.1. The molecule has 1 aromatic rings. The van der Waals surface area contributed by atoms with Gasteiger partial charge in [-0.1, -0.05) is 17.9 Å². The molecule has 0 atom stereocenters. The van der Waals surface area contributed by atoms with Gasteiger partial charge in [-0.15, -0.1) is 0 Å². The number of rotatable bonds is 4. The molecule has 0 aromatic heterocycles. The number of aliphatic hydroxyl groups is 2. The van der Waals surface area contributed by atoms with Crippen molar-refractivity contribution >= 4 is 5.91 Å². The predicted molar refractivity (Wildman–Crippen MR) is 83.0 cm³/mol. The molecule has 1 amide bonds. The average Bonchev–Trinajstić information content (AvgIpc) is 2.38. The maximum absolute atomic E-state index is 12.3. The standard InChI is InChI=1S/C17H23NO3/c1-13-8-9-15(11-14(13)7-5-6-10-19)16(20)18(4)12-17(2,3)21/h8-9,11,19,21H,6,10,12H2,1-4H3. The lowest BCUT2D eigenvalue weighted by Crippen LogP contribution is -2.39. The van der Waals surface area contributed by atoms with Crippen molar-refractivity contribution < 1.29 is 15.0 Å². The van der Waals surface area contributed by atoms with E-state index in [2.05, 4.69) is 11.8 Å². The van der Waals surface area contributed by atoms with E-state index in [1.165, 1.54) is 4.90 Å². The largest absolute Gasteiger partial charge is 0.395 e. The van der Waals surface area contributed by atoms with E-state index in [-0.39, 0.29) is 19.1 Å². The van der Waals surface area contributed by atoms with E-state index in [4.69, 9.17) is 5.11 Å². The van der Waals surface area contributed by atoms with Gasteiger partial charge in [0.05, 0.1) is 12.2 Å². The lowest BCUT2D eigenvalue weighted by atomic mass is 10.0. The number of aliphatic hydroxyl groups excluding tert-OH is 1. The molecule has 1 aromatic carbocycles. The summed E-state index contributed by atoms with van der Waals surface area (Å²) in [5.41, 5.74) is 1.38. The molecule has 4 heteroatoms. The highest BCUT2D eigenvalue weighted by Crippen LogP contribution is 2.13. The molecule has 0 bridgehead atoms. The minimum absolute atomic E-state index is 0.0268. The van der Waals surface area contributed by atoms with Gasteiger partial charge in [0, 0.05) is 31.1 Å². The highest BCUT2D eigenvalue weighted by molar-refractivity contribution is 5.94. The Kier molecular flexibility index (Phi) is 5.95. The molecular weight excluding hydrogens is 266 g/mol. The van der Waals surface area contributed by atoms with Crippen LogP contribution in [0.2, 0.25) is 0 Å². The second kappa shape index (κ2) is 7.26. The van der Waals surface area contributed by atoms with E-state index < -0.39 is 5.60 Å². The topological polar surface area (TPSA) is 60.8 Å². The molecule has 114 valence electrons. The number of benzene rings is 1. The zero-order chi connectivity index (χ0) is 16.0. The first-order chi connectivity index (χ1) is 9.74. The van der Waals surface area contributed by atoms with Crippen molar-refractivity contribution in [1.82, 2.24) is 4.90 Å². The summed E-state index contributed by atoms with van der Waals surface area (Å²) in [7, 11) is 1.66. The van der Waals surface area contributed by atoms with Gasteiger partial charge < -0.3 is 15.1 Å². The van der Waals surface area contributed by atoms with Crippen molar-refractivity contribution in [2.24, 2.45) is 0 Å².